The van der Waals surface area contributed by atoms with Gasteiger partial charge in [0.15, 0.2) is 1.41 Å². The van der Waals surface area contributed by atoms with E-state index in [9.17, 15) is 14.4 Å². The highest BCUT2D eigenvalue weighted by molar-refractivity contribution is 5.89. The molecule has 0 bridgehead atoms. The lowest BCUT2D eigenvalue weighted by molar-refractivity contribution is -0.141. The number of carboxylic acid groups (broad SMARTS) is 1. The van der Waals surface area contributed by atoms with Gasteiger partial charge in [-0.3, -0.25) is 14.4 Å². The molecule has 296 valence electrons. The summed E-state index contributed by atoms with van der Waals surface area (Å²) in [6, 6.07) is -2.26. The first-order chi connectivity index (χ1) is 24.8. The van der Waals surface area contributed by atoms with E-state index in [-0.39, 0.29) is 19.6 Å². The second-order valence-electron chi connectivity index (χ2n) is 10.2. The van der Waals surface area contributed by atoms with Gasteiger partial charge in [0, 0.05) is 13.5 Å². The molecule has 0 spiro atoms. The van der Waals surface area contributed by atoms with Crippen LogP contribution in [-0.4, -0.2) is 194 Å². The Balaban J connectivity index is 3.28. The van der Waals surface area contributed by atoms with Crippen molar-refractivity contribution < 1.29 is 77.7 Å². The Kier molecular flexibility index (Phi) is 35.1. The highest BCUT2D eigenvalue weighted by atomic mass is 16.6. The van der Waals surface area contributed by atoms with Gasteiger partial charge in [-0.25, -0.2) is 0 Å². The largest absolute Gasteiger partial charge is 0.480 e. The van der Waals surface area contributed by atoms with Crippen molar-refractivity contribution in [1.82, 2.24) is 10.6 Å². The number of ether oxygens (including phenoxy) is 12. The minimum absolute atomic E-state index is 0.0534. The molecule has 0 aliphatic carbocycles. The number of amides is 2. The van der Waals surface area contributed by atoms with Gasteiger partial charge in [0.05, 0.1) is 152 Å². The lowest BCUT2D eigenvalue weighted by Gasteiger charge is -2.16. The fourth-order valence-corrected chi connectivity index (χ4v) is 3.34. The van der Waals surface area contributed by atoms with Gasteiger partial charge < -0.3 is 72.6 Å². The van der Waals surface area contributed by atoms with E-state index in [0.29, 0.717) is 144 Å². The standard InChI is InChI=1S/C32H62N2O16/c1-28(31(36)34-29(2)32(37)38)33-30(35)4-5-40-8-9-42-12-13-44-16-17-46-20-21-48-24-25-50-27-26-49-23-22-47-19-18-45-15-14-43-11-10-41-7-6-39-3/h28-29H,4-27H2,1-3H3,(H,33,35)(H,34,36)(H,37,38)/t28-,29-/m0/s1/i/hD. The number of rotatable bonds is 40. The minimum atomic E-state index is -1.21. The Morgan fingerprint density at radius 3 is 1.00 bits per heavy atom. The molecule has 0 unspecified atom stereocenters. The highest BCUT2D eigenvalue weighted by Crippen LogP contribution is 1.91. The van der Waals surface area contributed by atoms with Crippen molar-refractivity contribution >= 4 is 17.8 Å². The van der Waals surface area contributed by atoms with Gasteiger partial charge in [0.25, 0.3) is 0 Å². The molecule has 0 heterocycles. The molecule has 50 heavy (non-hydrogen) atoms. The zero-order valence-electron chi connectivity index (χ0n) is 31.1. The third-order valence-electron chi connectivity index (χ3n) is 6.06. The smallest absolute Gasteiger partial charge is 0.325 e. The first-order valence-corrected chi connectivity index (χ1v) is 17.0. The van der Waals surface area contributed by atoms with Crippen molar-refractivity contribution in [1.29, 1.82) is 0 Å². The van der Waals surface area contributed by atoms with Gasteiger partial charge in [-0.2, -0.15) is 0 Å². The van der Waals surface area contributed by atoms with E-state index in [1.54, 1.807) is 7.11 Å². The van der Waals surface area contributed by atoms with Crippen LogP contribution in [0.2, 0.25) is 1.41 Å². The molecule has 0 aliphatic rings. The van der Waals surface area contributed by atoms with E-state index in [1.807, 2.05) is 0 Å². The maximum atomic E-state index is 12.1. The molecular formula is C32H62N2O16. The highest BCUT2D eigenvalue weighted by Gasteiger charge is 2.20. The third kappa shape index (κ3) is 35.7. The Morgan fingerprint density at radius 1 is 0.480 bits per heavy atom. The predicted molar refractivity (Wildman–Crippen MR) is 178 cm³/mol. The summed E-state index contributed by atoms with van der Waals surface area (Å²) in [7, 11) is 1.64. The van der Waals surface area contributed by atoms with Crippen molar-refractivity contribution in [3.05, 3.63) is 0 Å². The molecule has 0 saturated carbocycles. The SMILES string of the molecule is [2H]N(C(=O)CCOCCOCCOCCOCCOCCOCCOCCOCCOCCOCCOCCOC)[C@@H](C)C(=O)N[C@@H](C)C(=O)O. The van der Waals surface area contributed by atoms with Crippen LogP contribution in [-0.2, 0) is 71.2 Å². The van der Waals surface area contributed by atoms with Crippen LogP contribution in [0.5, 0.6) is 0 Å². The monoisotopic (exact) mass is 731 g/mol. The molecule has 2 atom stereocenters. The number of hydrogen-bond donors (Lipinski definition) is 3. The molecule has 0 aliphatic heterocycles. The van der Waals surface area contributed by atoms with Crippen LogP contribution in [0.15, 0.2) is 0 Å². The number of methoxy groups -OCH3 is 1. The number of carbonyl (C=O) groups is 3. The van der Waals surface area contributed by atoms with Gasteiger partial charge in [-0.15, -0.1) is 0 Å². The Bertz CT molecular complexity index is 819. The van der Waals surface area contributed by atoms with E-state index in [1.165, 1.54) is 13.8 Å². The van der Waals surface area contributed by atoms with Crippen molar-refractivity contribution in [2.75, 3.05) is 159 Å². The van der Waals surface area contributed by atoms with Crippen molar-refractivity contribution in [3.63, 3.8) is 0 Å². The van der Waals surface area contributed by atoms with Gasteiger partial charge >= 0.3 is 5.97 Å². The average Bonchev–Trinajstić information content (AvgIpc) is 3.12. The average molecular weight is 732 g/mol. The molecule has 0 aromatic rings. The van der Waals surface area contributed by atoms with Crippen LogP contribution in [0, 0.1) is 0 Å². The second-order valence-corrected chi connectivity index (χ2v) is 10.2. The Labute approximate surface area is 297 Å². The molecule has 18 heteroatoms. The lowest BCUT2D eigenvalue weighted by Crippen LogP contribution is -2.49. The summed E-state index contributed by atoms with van der Waals surface area (Å²) in [6.07, 6.45) is -0.102. The molecule has 18 nitrogen and oxygen atoms in total. The Hall–Kier alpha value is -2.07. The quantitative estimate of drug-likeness (QED) is 0.0667. The van der Waals surface area contributed by atoms with E-state index >= 15 is 0 Å². The zero-order valence-corrected chi connectivity index (χ0v) is 30.1. The van der Waals surface area contributed by atoms with Gasteiger partial charge in [0.1, 0.15) is 12.1 Å². The van der Waals surface area contributed by atoms with E-state index in [2.05, 4.69) is 5.32 Å². The first kappa shape index (κ1) is 46.0. The van der Waals surface area contributed by atoms with Crippen molar-refractivity contribution in [2.24, 2.45) is 0 Å². The van der Waals surface area contributed by atoms with Gasteiger partial charge in [-0.05, 0) is 13.8 Å². The van der Waals surface area contributed by atoms with Crippen LogP contribution in [0.1, 0.15) is 20.3 Å². The Morgan fingerprint density at radius 2 is 0.740 bits per heavy atom. The topological polar surface area (TPSA) is 206 Å². The number of carbonyl (C=O) groups excluding carboxylic acids is 2. The zero-order chi connectivity index (χ0) is 37.6. The minimum Gasteiger partial charge on any atom is -0.480 e. The van der Waals surface area contributed by atoms with Crippen molar-refractivity contribution in [3.8, 4) is 0 Å². The maximum Gasteiger partial charge on any atom is 0.325 e. The summed E-state index contributed by atoms with van der Waals surface area (Å²) < 4.78 is 72.2. The molecule has 0 fully saturated rings. The fourth-order valence-electron chi connectivity index (χ4n) is 3.34. The lowest BCUT2D eigenvalue weighted by atomic mass is 10.2. The van der Waals surface area contributed by atoms with Crippen LogP contribution in [0.4, 0.5) is 0 Å². The summed E-state index contributed by atoms with van der Waals surface area (Å²) in [4.78, 5) is 34.9. The third-order valence-corrected chi connectivity index (χ3v) is 6.06. The molecule has 0 rings (SSSR count). The molecule has 0 aromatic heterocycles. The number of hydrogen-bond acceptors (Lipinski definition) is 15. The van der Waals surface area contributed by atoms with Gasteiger partial charge in [0.2, 0.25) is 11.8 Å². The summed E-state index contributed by atoms with van der Waals surface area (Å²) in [5.41, 5.74) is 0. The summed E-state index contributed by atoms with van der Waals surface area (Å²) >= 11 is 0. The van der Waals surface area contributed by atoms with Crippen molar-refractivity contribution in [2.45, 2.75) is 32.4 Å². The number of carboxylic acids is 1. The normalized spacial score (nSPS) is 12.8. The first-order valence-electron chi connectivity index (χ1n) is 17.4. The second kappa shape index (κ2) is 38.2. The van der Waals surface area contributed by atoms with E-state index in [4.69, 9.17) is 63.4 Å². The summed E-state index contributed by atoms with van der Waals surface area (Å²) in [5, 5.41) is 11.6. The van der Waals surface area contributed by atoms with E-state index < -0.39 is 29.9 Å². The van der Waals surface area contributed by atoms with E-state index in [0.717, 1.165) is 0 Å². The molecular weight excluding hydrogens is 668 g/mol. The predicted octanol–water partition coefficient (Wildman–Crippen LogP) is -0.700. The van der Waals surface area contributed by atoms with Crippen LogP contribution in [0.3, 0.4) is 0 Å². The molecule has 2 amide bonds. The van der Waals surface area contributed by atoms with Crippen LogP contribution < -0.4 is 10.6 Å². The molecule has 0 saturated heterocycles. The van der Waals surface area contributed by atoms with Crippen LogP contribution >= 0.6 is 0 Å². The van der Waals surface area contributed by atoms with Crippen LogP contribution in [0.25, 0.3) is 0 Å². The molecule has 3 N–H and O–H groups in total. The fraction of sp³-hybridized carbons (Fsp3) is 0.906. The molecule has 0 radical (unpaired) electrons. The maximum absolute atomic E-state index is 12.1. The number of nitrogens with one attached hydrogen (secondary N) is 2. The number of aliphatic carboxylic acids is 1. The summed E-state index contributed by atoms with van der Waals surface area (Å²) in [6.45, 7) is 12.8. The molecule has 0 aromatic carbocycles. The van der Waals surface area contributed by atoms with Gasteiger partial charge in [-0.1, -0.05) is 0 Å². The summed E-state index contributed by atoms with van der Waals surface area (Å²) in [5.74, 6) is -2.56.